The van der Waals surface area contributed by atoms with Crippen LogP contribution in [-0.4, -0.2) is 27.1 Å². The molecular formula is C35H56O3Si. The number of hydrogen-bond donors (Lipinski definition) is 0. The van der Waals surface area contributed by atoms with Crippen molar-refractivity contribution in [2.45, 2.75) is 137 Å². The lowest BCUT2D eigenvalue weighted by molar-refractivity contribution is 0.0559. The Hall–Kier alpha value is -1.78. The molecule has 0 N–H and O–H groups in total. The SMILES string of the molecule is C/C(=C\CC/C(C)=C/CCC1(C)CCc2c(C)c(O[Si](C)(C)C(C)(C)C)c(C)c(C)c2O1)CCC=C1COC1. The van der Waals surface area contributed by atoms with Crippen molar-refractivity contribution in [2.75, 3.05) is 13.2 Å². The molecule has 0 bridgehead atoms. The first-order valence-corrected chi connectivity index (χ1v) is 18.1. The van der Waals surface area contributed by atoms with Gasteiger partial charge in [-0.15, -0.1) is 0 Å². The van der Waals surface area contributed by atoms with E-state index in [2.05, 4.69) is 93.6 Å². The van der Waals surface area contributed by atoms with E-state index in [9.17, 15) is 0 Å². The highest BCUT2D eigenvalue weighted by atomic mass is 28.4. The predicted molar refractivity (Wildman–Crippen MR) is 170 cm³/mol. The number of hydrogen-bond acceptors (Lipinski definition) is 3. The lowest BCUT2D eigenvalue weighted by Crippen LogP contribution is -2.44. The summed E-state index contributed by atoms with van der Waals surface area (Å²) in [4.78, 5) is 0. The number of allylic oxidation sites excluding steroid dienone is 5. The van der Waals surface area contributed by atoms with Gasteiger partial charge in [-0.25, -0.2) is 0 Å². The molecule has 1 atom stereocenters. The zero-order valence-electron chi connectivity index (χ0n) is 27.0. The monoisotopic (exact) mass is 552 g/mol. The predicted octanol–water partition coefficient (Wildman–Crippen LogP) is 10.3. The highest BCUT2D eigenvalue weighted by molar-refractivity contribution is 6.74. The molecule has 4 heteroatoms. The van der Waals surface area contributed by atoms with Gasteiger partial charge in [0.1, 0.15) is 17.1 Å². The minimum absolute atomic E-state index is 0.119. The van der Waals surface area contributed by atoms with Crippen LogP contribution in [0.25, 0.3) is 0 Å². The van der Waals surface area contributed by atoms with Crippen LogP contribution in [0.5, 0.6) is 11.5 Å². The molecule has 0 aliphatic carbocycles. The molecule has 2 aliphatic heterocycles. The molecule has 1 fully saturated rings. The molecule has 0 aromatic heterocycles. The molecule has 1 aromatic carbocycles. The average Bonchev–Trinajstić information content (AvgIpc) is 2.81. The lowest BCUT2D eigenvalue weighted by Gasteiger charge is -2.41. The summed E-state index contributed by atoms with van der Waals surface area (Å²) in [6.45, 7) is 26.8. The molecule has 0 amide bonds. The van der Waals surface area contributed by atoms with Crippen LogP contribution in [0.4, 0.5) is 0 Å². The van der Waals surface area contributed by atoms with Crippen LogP contribution in [0.2, 0.25) is 18.1 Å². The van der Waals surface area contributed by atoms with Crippen molar-refractivity contribution in [3.63, 3.8) is 0 Å². The van der Waals surface area contributed by atoms with Gasteiger partial charge in [-0.2, -0.15) is 0 Å². The van der Waals surface area contributed by atoms with Crippen molar-refractivity contribution in [3.05, 3.63) is 57.2 Å². The van der Waals surface area contributed by atoms with Gasteiger partial charge in [0.25, 0.3) is 8.32 Å². The summed E-state index contributed by atoms with van der Waals surface area (Å²) in [7, 11) is -1.92. The van der Waals surface area contributed by atoms with Gasteiger partial charge in [0.15, 0.2) is 0 Å². The van der Waals surface area contributed by atoms with Gasteiger partial charge < -0.3 is 13.9 Å². The summed E-state index contributed by atoms with van der Waals surface area (Å²) in [5, 5.41) is 0.175. The molecule has 1 saturated heterocycles. The van der Waals surface area contributed by atoms with Gasteiger partial charge in [-0.3, -0.25) is 0 Å². The maximum Gasteiger partial charge on any atom is 0.250 e. The lowest BCUT2D eigenvalue weighted by atomic mass is 9.85. The van der Waals surface area contributed by atoms with E-state index in [4.69, 9.17) is 13.9 Å². The Morgan fingerprint density at radius 1 is 0.923 bits per heavy atom. The van der Waals surface area contributed by atoms with E-state index in [1.165, 1.54) is 39.0 Å². The first-order chi connectivity index (χ1) is 18.1. The number of benzene rings is 1. The van der Waals surface area contributed by atoms with E-state index in [0.717, 1.165) is 76.1 Å². The molecule has 1 aromatic rings. The minimum Gasteiger partial charge on any atom is -0.543 e. The van der Waals surface area contributed by atoms with Crippen molar-refractivity contribution >= 4 is 8.32 Å². The van der Waals surface area contributed by atoms with E-state index < -0.39 is 8.32 Å². The molecule has 2 aliphatic rings. The Morgan fingerprint density at radius 3 is 2.13 bits per heavy atom. The van der Waals surface area contributed by atoms with Gasteiger partial charge in [0, 0.05) is 5.56 Å². The molecule has 218 valence electrons. The molecule has 0 radical (unpaired) electrons. The average molecular weight is 553 g/mol. The van der Waals surface area contributed by atoms with Crippen molar-refractivity contribution in [1.29, 1.82) is 0 Å². The second-order valence-corrected chi connectivity index (χ2v) is 18.7. The third kappa shape index (κ3) is 8.13. The highest BCUT2D eigenvalue weighted by Crippen LogP contribution is 2.47. The molecular weight excluding hydrogens is 496 g/mol. The van der Waals surface area contributed by atoms with Crippen LogP contribution < -0.4 is 9.16 Å². The smallest absolute Gasteiger partial charge is 0.250 e. The van der Waals surface area contributed by atoms with Crippen molar-refractivity contribution < 1.29 is 13.9 Å². The molecule has 1 unspecified atom stereocenters. The molecule has 3 nitrogen and oxygen atoms in total. The van der Waals surface area contributed by atoms with Crippen LogP contribution in [0, 0.1) is 20.8 Å². The second kappa shape index (κ2) is 12.8. The standard InChI is InChI=1S/C35H56O3Si/c1-25(17-13-19-30-23-36-24-30)15-12-16-26(2)18-14-21-35(9)22-20-31-29(5)32(27(3)28(4)33(31)37-35)38-39(10,11)34(6,7)8/h15,18-19H,12-14,16-17,20-24H2,1-11H3/b25-15+,26-18+. The van der Waals surface area contributed by atoms with E-state index in [1.54, 1.807) is 0 Å². The van der Waals surface area contributed by atoms with E-state index in [1.807, 2.05) is 0 Å². The van der Waals surface area contributed by atoms with Crippen LogP contribution in [0.3, 0.4) is 0 Å². The van der Waals surface area contributed by atoms with E-state index >= 15 is 0 Å². The fraction of sp³-hybridized carbons (Fsp3) is 0.657. The highest BCUT2D eigenvalue weighted by Gasteiger charge is 2.41. The van der Waals surface area contributed by atoms with Crippen LogP contribution in [-0.2, 0) is 11.2 Å². The maximum absolute atomic E-state index is 6.86. The summed E-state index contributed by atoms with van der Waals surface area (Å²) in [6, 6.07) is 0. The molecule has 0 spiro atoms. The second-order valence-electron chi connectivity index (χ2n) is 14.0. The molecule has 0 saturated carbocycles. The van der Waals surface area contributed by atoms with Crippen molar-refractivity contribution in [2.24, 2.45) is 0 Å². The zero-order chi connectivity index (χ0) is 29.0. The summed E-state index contributed by atoms with van der Waals surface area (Å²) in [5.41, 5.74) is 9.47. The van der Waals surface area contributed by atoms with Crippen LogP contribution in [0.1, 0.15) is 109 Å². The Bertz CT molecular complexity index is 1110. The fourth-order valence-electron chi connectivity index (χ4n) is 5.23. The third-order valence-corrected chi connectivity index (χ3v) is 13.8. The summed E-state index contributed by atoms with van der Waals surface area (Å²) in [5.74, 6) is 2.22. The number of ether oxygens (including phenoxy) is 2. The van der Waals surface area contributed by atoms with Gasteiger partial charge in [-0.1, -0.05) is 50.1 Å². The summed E-state index contributed by atoms with van der Waals surface area (Å²) < 4.78 is 18.9. The van der Waals surface area contributed by atoms with Gasteiger partial charge in [0.05, 0.1) is 13.2 Å². The Morgan fingerprint density at radius 2 is 1.54 bits per heavy atom. The van der Waals surface area contributed by atoms with Crippen molar-refractivity contribution in [3.8, 4) is 11.5 Å². The first kappa shape index (κ1) is 31.7. The Kier molecular flexibility index (Phi) is 10.4. The summed E-state index contributed by atoms with van der Waals surface area (Å²) >= 11 is 0. The first-order valence-electron chi connectivity index (χ1n) is 15.2. The van der Waals surface area contributed by atoms with Crippen molar-refractivity contribution in [1.82, 2.24) is 0 Å². The number of fused-ring (bicyclic) bond motifs is 1. The van der Waals surface area contributed by atoms with E-state index in [-0.39, 0.29) is 10.6 Å². The third-order valence-electron chi connectivity index (χ3n) is 9.47. The Labute approximate surface area is 241 Å². The van der Waals surface area contributed by atoms with Crippen LogP contribution >= 0.6 is 0 Å². The van der Waals surface area contributed by atoms with Gasteiger partial charge in [0.2, 0.25) is 0 Å². The minimum atomic E-state index is -1.92. The largest absolute Gasteiger partial charge is 0.543 e. The van der Waals surface area contributed by atoms with E-state index in [0.29, 0.717) is 0 Å². The Balaban J connectivity index is 1.57. The zero-order valence-corrected chi connectivity index (χ0v) is 28.0. The fourth-order valence-corrected chi connectivity index (χ4v) is 6.36. The van der Waals surface area contributed by atoms with Crippen LogP contribution in [0.15, 0.2) is 34.9 Å². The summed E-state index contributed by atoms with van der Waals surface area (Å²) in [6.07, 6.45) is 16.0. The molecule has 3 rings (SSSR count). The topological polar surface area (TPSA) is 27.7 Å². The normalized spacial score (nSPS) is 20.3. The quantitative estimate of drug-likeness (QED) is 0.202. The van der Waals surface area contributed by atoms with Gasteiger partial charge in [-0.05, 0) is 133 Å². The molecule has 39 heavy (non-hydrogen) atoms. The maximum atomic E-state index is 6.86. The molecule has 2 heterocycles. The van der Waals surface area contributed by atoms with Gasteiger partial charge >= 0.3 is 0 Å². The number of rotatable bonds is 11.